The van der Waals surface area contributed by atoms with Crippen molar-refractivity contribution in [3.8, 4) is 0 Å². The lowest BCUT2D eigenvalue weighted by Crippen LogP contribution is -2.58. The highest BCUT2D eigenvalue weighted by molar-refractivity contribution is 9.11. The normalized spacial score (nSPS) is 17.4. The van der Waals surface area contributed by atoms with Crippen LogP contribution in [0.5, 0.6) is 0 Å². The van der Waals surface area contributed by atoms with Gasteiger partial charge in [-0.05, 0) is 46.1 Å². The van der Waals surface area contributed by atoms with Crippen molar-refractivity contribution >= 4 is 43.2 Å². The maximum atomic E-state index is 3.69. The number of halogens is 2. The second-order valence-electron chi connectivity index (χ2n) is 4.75. The molecule has 0 radical (unpaired) electrons. The Morgan fingerprint density at radius 3 is 2.44 bits per heavy atom. The van der Waals surface area contributed by atoms with Crippen LogP contribution in [0.2, 0.25) is 0 Å². The molecule has 1 aromatic carbocycles. The molecule has 2 aromatic rings. The zero-order valence-corrected chi connectivity index (χ0v) is 13.7. The third-order valence-corrected chi connectivity index (χ3v) is 5.83. The van der Waals surface area contributed by atoms with Gasteiger partial charge in [0.2, 0.25) is 0 Å². The van der Waals surface area contributed by atoms with Crippen LogP contribution in [0, 0.1) is 0 Å². The van der Waals surface area contributed by atoms with Crippen LogP contribution in [0.1, 0.15) is 10.4 Å². The first-order chi connectivity index (χ1) is 8.70. The molecule has 1 saturated heterocycles. The third-order valence-electron chi connectivity index (χ3n) is 3.51. The number of hydrogen-bond donors (Lipinski definition) is 1. The molecule has 0 amide bonds. The molecule has 0 spiro atoms. The van der Waals surface area contributed by atoms with Crippen LogP contribution >= 0.6 is 43.2 Å². The molecule has 0 atom stereocenters. The second-order valence-corrected chi connectivity index (χ2v) is 8.15. The Balaban J connectivity index is 1.93. The summed E-state index contributed by atoms with van der Waals surface area (Å²) in [6, 6.07) is 13.0. The Bertz CT molecular complexity index is 560. The van der Waals surface area contributed by atoms with Crippen LogP contribution < -0.4 is 5.32 Å². The minimum atomic E-state index is 0.254. The van der Waals surface area contributed by atoms with Gasteiger partial charge < -0.3 is 5.32 Å². The van der Waals surface area contributed by atoms with Gasteiger partial charge in [-0.3, -0.25) is 0 Å². The molecule has 0 unspecified atom stereocenters. The summed E-state index contributed by atoms with van der Waals surface area (Å²) in [6.07, 6.45) is 1.11. The average molecular weight is 387 g/mol. The van der Waals surface area contributed by atoms with Gasteiger partial charge in [0.05, 0.1) is 3.79 Å². The molecule has 18 heavy (non-hydrogen) atoms. The first kappa shape index (κ1) is 12.9. The van der Waals surface area contributed by atoms with E-state index in [-0.39, 0.29) is 5.41 Å². The molecule has 1 N–H and O–H groups in total. The topological polar surface area (TPSA) is 12.0 Å². The van der Waals surface area contributed by atoms with Gasteiger partial charge in [0, 0.05) is 27.9 Å². The number of benzene rings is 1. The molecule has 1 aromatic heterocycles. The molecule has 0 aliphatic carbocycles. The molecule has 1 fully saturated rings. The van der Waals surface area contributed by atoms with E-state index in [0.717, 1.165) is 19.5 Å². The van der Waals surface area contributed by atoms with Gasteiger partial charge in [-0.1, -0.05) is 34.1 Å². The van der Waals surface area contributed by atoms with Crippen molar-refractivity contribution in [1.29, 1.82) is 0 Å². The molecule has 1 aliphatic heterocycles. The molecule has 3 rings (SSSR count). The summed E-state index contributed by atoms with van der Waals surface area (Å²) in [5.74, 6) is 0. The highest BCUT2D eigenvalue weighted by Crippen LogP contribution is 2.38. The van der Waals surface area contributed by atoms with Crippen molar-refractivity contribution in [3.05, 3.63) is 55.1 Å². The van der Waals surface area contributed by atoms with Crippen molar-refractivity contribution in [2.24, 2.45) is 0 Å². The summed E-state index contributed by atoms with van der Waals surface area (Å²) in [5.41, 5.74) is 1.68. The highest BCUT2D eigenvalue weighted by atomic mass is 79.9. The lowest BCUT2D eigenvalue weighted by Gasteiger charge is -2.43. The lowest BCUT2D eigenvalue weighted by molar-refractivity contribution is 0.275. The van der Waals surface area contributed by atoms with E-state index in [2.05, 4.69) is 73.6 Å². The van der Waals surface area contributed by atoms with Crippen molar-refractivity contribution in [2.75, 3.05) is 13.1 Å². The van der Waals surface area contributed by atoms with Gasteiger partial charge in [0.1, 0.15) is 0 Å². The Morgan fingerprint density at radius 2 is 1.89 bits per heavy atom. The fraction of sp³-hybridized carbons (Fsp3) is 0.286. The zero-order chi connectivity index (χ0) is 12.6. The lowest BCUT2D eigenvalue weighted by atomic mass is 9.72. The smallest absolute Gasteiger partial charge is 0.0701 e. The van der Waals surface area contributed by atoms with Crippen molar-refractivity contribution in [3.63, 3.8) is 0 Å². The molecule has 1 nitrogen and oxygen atoms in total. The molecule has 1 aliphatic rings. The SMILES string of the molecule is Brc1ccc(CC2(c3ccccc3Br)CNC2)s1. The number of hydrogen-bond acceptors (Lipinski definition) is 2. The van der Waals surface area contributed by atoms with E-state index >= 15 is 0 Å². The maximum Gasteiger partial charge on any atom is 0.0701 e. The van der Waals surface area contributed by atoms with E-state index < -0.39 is 0 Å². The first-order valence-electron chi connectivity index (χ1n) is 5.90. The van der Waals surface area contributed by atoms with Crippen molar-refractivity contribution in [2.45, 2.75) is 11.8 Å². The number of thiophene rings is 1. The molecular formula is C14H13Br2NS. The first-order valence-corrected chi connectivity index (χ1v) is 8.30. The summed E-state index contributed by atoms with van der Waals surface area (Å²) in [4.78, 5) is 1.44. The Labute approximate surface area is 128 Å². The van der Waals surface area contributed by atoms with E-state index in [1.165, 1.54) is 18.7 Å². The van der Waals surface area contributed by atoms with Crippen LogP contribution in [-0.4, -0.2) is 13.1 Å². The van der Waals surface area contributed by atoms with E-state index in [1.54, 1.807) is 0 Å². The zero-order valence-electron chi connectivity index (χ0n) is 9.75. The standard InChI is InChI=1S/C14H13Br2NS/c15-12-4-2-1-3-11(12)14(8-17-9-14)7-10-5-6-13(16)18-10/h1-6,17H,7-9H2. The molecule has 94 valence electrons. The second kappa shape index (κ2) is 5.08. The predicted octanol–water partition coefficient (Wildman–Crippen LogP) is 4.36. The molecule has 0 bridgehead atoms. The molecule has 4 heteroatoms. The summed E-state index contributed by atoms with van der Waals surface area (Å²) in [5, 5.41) is 3.43. The van der Waals surface area contributed by atoms with Gasteiger partial charge in [-0.15, -0.1) is 11.3 Å². The molecular weight excluding hydrogens is 374 g/mol. The number of nitrogens with one attached hydrogen (secondary N) is 1. The Kier molecular flexibility index (Phi) is 3.63. The Hall–Kier alpha value is -0.160. The van der Waals surface area contributed by atoms with Crippen LogP contribution in [0.15, 0.2) is 44.7 Å². The van der Waals surface area contributed by atoms with Gasteiger partial charge in [0.15, 0.2) is 0 Å². The van der Waals surface area contributed by atoms with Crippen LogP contribution in [0.3, 0.4) is 0 Å². The van der Waals surface area contributed by atoms with Gasteiger partial charge in [-0.25, -0.2) is 0 Å². The number of rotatable bonds is 3. The Morgan fingerprint density at radius 1 is 1.11 bits per heavy atom. The quantitative estimate of drug-likeness (QED) is 0.826. The molecule has 2 heterocycles. The maximum absolute atomic E-state index is 3.69. The third kappa shape index (κ3) is 2.31. The van der Waals surface area contributed by atoms with E-state index in [4.69, 9.17) is 0 Å². The molecule has 0 saturated carbocycles. The largest absolute Gasteiger partial charge is 0.315 e. The summed E-state index contributed by atoms with van der Waals surface area (Å²) >= 11 is 9.07. The fourth-order valence-electron chi connectivity index (χ4n) is 2.51. The minimum absolute atomic E-state index is 0.254. The van der Waals surface area contributed by atoms with Crippen molar-refractivity contribution < 1.29 is 0 Å². The average Bonchev–Trinajstić information content (AvgIpc) is 2.71. The highest BCUT2D eigenvalue weighted by Gasteiger charge is 2.40. The van der Waals surface area contributed by atoms with Crippen LogP contribution in [-0.2, 0) is 11.8 Å². The van der Waals surface area contributed by atoms with Crippen molar-refractivity contribution in [1.82, 2.24) is 5.32 Å². The van der Waals surface area contributed by atoms with Crippen LogP contribution in [0.25, 0.3) is 0 Å². The van der Waals surface area contributed by atoms with E-state index in [0.29, 0.717) is 0 Å². The van der Waals surface area contributed by atoms with E-state index in [9.17, 15) is 0 Å². The fourth-order valence-corrected chi connectivity index (χ4v) is 4.84. The predicted molar refractivity (Wildman–Crippen MR) is 84.4 cm³/mol. The van der Waals surface area contributed by atoms with E-state index in [1.807, 2.05) is 11.3 Å². The van der Waals surface area contributed by atoms with Gasteiger partial charge in [-0.2, -0.15) is 0 Å². The summed E-state index contributed by atoms with van der Waals surface area (Å²) < 4.78 is 2.44. The summed E-state index contributed by atoms with van der Waals surface area (Å²) in [7, 11) is 0. The van der Waals surface area contributed by atoms with Gasteiger partial charge >= 0.3 is 0 Å². The monoisotopic (exact) mass is 385 g/mol. The minimum Gasteiger partial charge on any atom is -0.315 e. The van der Waals surface area contributed by atoms with Gasteiger partial charge in [0.25, 0.3) is 0 Å². The van der Waals surface area contributed by atoms with Crippen LogP contribution in [0.4, 0.5) is 0 Å². The summed E-state index contributed by atoms with van der Waals surface area (Å²) in [6.45, 7) is 2.12.